The molecule has 1 aromatic heterocycles. The number of carbonyl (C=O) groups excluding carboxylic acids is 1. The van der Waals surface area contributed by atoms with Crippen molar-refractivity contribution >= 4 is 5.91 Å². The second-order valence-electron chi connectivity index (χ2n) is 5.97. The Bertz CT molecular complexity index is 685. The molecule has 1 amide bonds. The minimum absolute atomic E-state index is 0.234. The second-order valence-corrected chi connectivity index (χ2v) is 5.97. The van der Waals surface area contributed by atoms with Gasteiger partial charge in [0.2, 0.25) is 5.91 Å². The van der Waals surface area contributed by atoms with E-state index < -0.39 is 0 Å². The molecule has 0 fully saturated rings. The topological polar surface area (TPSA) is 25.2 Å². The van der Waals surface area contributed by atoms with Crippen molar-refractivity contribution in [2.75, 3.05) is 6.54 Å². The fraction of sp³-hybridized carbons (Fsp3) is 0.389. The maximum absolute atomic E-state index is 12.6. The average molecular weight is 282 g/mol. The number of nitrogens with zero attached hydrogens (tertiary/aromatic N) is 2. The molecular formula is C18H22N2O. The predicted molar refractivity (Wildman–Crippen MR) is 84.2 cm³/mol. The molecule has 2 heterocycles. The van der Waals surface area contributed by atoms with Crippen molar-refractivity contribution in [3.8, 4) is 0 Å². The third kappa shape index (κ3) is 2.60. The summed E-state index contributed by atoms with van der Waals surface area (Å²) in [6.07, 6.45) is 1.48. The van der Waals surface area contributed by atoms with Gasteiger partial charge in [-0.15, -0.1) is 0 Å². The molecule has 0 atom stereocenters. The van der Waals surface area contributed by atoms with E-state index in [-0.39, 0.29) is 5.91 Å². The molecule has 21 heavy (non-hydrogen) atoms. The van der Waals surface area contributed by atoms with Gasteiger partial charge in [-0.25, -0.2) is 0 Å². The highest BCUT2D eigenvalue weighted by atomic mass is 16.2. The van der Waals surface area contributed by atoms with Gasteiger partial charge in [-0.3, -0.25) is 4.79 Å². The summed E-state index contributed by atoms with van der Waals surface area (Å²) in [5, 5.41) is 0. The minimum atomic E-state index is 0.234. The zero-order valence-electron chi connectivity index (χ0n) is 13.0. The quantitative estimate of drug-likeness (QED) is 0.831. The van der Waals surface area contributed by atoms with E-state index in [2.05, 4.69) is 55.8 Å². The molecule has 3 rings (SSSR count). The summed E-state index contributed by atoms with van der Waals surface area (Å²) in [7, 11) is 2.05. The molecule has 0 spiro atoms. The predicted octanol–water partition coefficient (Wildman–Crippen LogP) is 2.77. The highest BCUT2D eigenvalue weighted by Crippen LogP contribution is 2.20. The van der Waals surface area contributed by atoms with E-state index >= 15 is 0 Å². The molecule has 0 radical (unpaired) electrons. The summed E-state index contributed by atoms with van der Waals surface area (Å²) < 4.78 is 2.15. The third-order valence-electron chi connectivity index (χ3n) is 4.71. The first-order chi connectivity index (χ1) is 10.1. The smallest absolute Gasteiger partial charge is 0.227 e. The molecule has 0 unspecified atom stereocenters. The molecule has 1 aliphatic heterocycles. The number of aryl methyl sites for hydroxylation is 1. The van der Waals surface area contributed by atoms with Gasteiger partial charge in [0.25, 0.3) is 0 Å². The first-order valence-electron chi connectivity index (χ1n) is 7.52. The molecule has 0 N–H and O–H groups in total. The van der Waals surface area contributed by atoms with Crippen LogP contribution in [0.5, 0.6) is 0 Å². The number of amides is 1. The lowest BCUT2D eigenvalue weighted by Gasteiger charge is -2.29. The summed E-state index contributed by atoms with van der Waals surface area (Å²) in [6.45, 7) is 5.75. The Kier molecular flexibility index (Phi) is 3.58. The summed E-state index contributed by atoms with van der Waals surface area (Å²) >= 11 is 0. The molecule has 110 valence electrons. The zero-order valence-corrected chi connectivity index (χ0v) is 13.0. The number of aromatic nitrogens is 1. The van der Waals surface area contributed by atoms with Crippen molar-refractivity contribution in [3.63, 3.8) is 0 Å². The molecule has 1 aliphatic rings. The molecule has 3 heteroatoms. The van der Waals surface area contributed by atoms with E-state index in [1.165, 1.54) is 22.5 Å². The lowest BCUT2D eigenvalue weighted by molar-refractivity contribution is -0.131. The fourth-order valence-corrected chi connectivity index (χ4v) is 3.10. The molecule has 0 saturated carbocycles. The van der Waals surface area contributed by atoms with Crippen LogP contribution in [-0.4, -0.2) is 21.9 Å². The lowest BCUT2D eigenvalue weighted by Crippen LogP contribution is -2.36. The van der Waals surface area contributed by atoms with Crippen molar-refractivity contribution in [2.45, 2.75) is 33.2 Å². The minimum Gasteiger partial charge on any atom is -0.352 e. The molecule has 0 bridgehead atoms. The molecule has 0 saturated heterocycles. The lowest BCUT2D eigenvalue weighted by atomic mass is 9.99. The van der Waals surface area contributed by atoms with E-state index in [9.17, 15) is 4.79 Å². The van der Waals surface area contributed by atoms with E-state index in [4.69, 9.17) is 0 Å². The molecule has 0 aliphatic carbocycles. The van der Waals surface area contributed by atoms with Gasteiger partial charge in [-0.05, 0) is 43.0 Å². The van der Waals surface area contributed by atoms with Gasteiger partial charge in [0.15, 0.2) is 0 Å². The van der Waals surface area contributed by atoms with Crippen LogP contribution in [0.1, 0.15) is 28.1 Å². The van der Waals surface area contributed by atoms with Crippen LogP contribution in [0.3, 0.4) is 0 Å². The number of benzene rings is 1. The van der Waals surface area contributed by atoms with E-state index in [1.54, 1.807) is 0 Å². The van der Waals surface area contributed by atoms with Crippen molar-refractivity contribution in [1.29, 1.82) is 0 Å². The van der Waals surface area contributed by atoms with Gasteiger partial charge < -0.3 is 9.47 Å². The largest absolute Gasteiger partial charge is 0.352 e. The van der Waals surface area contributed by atoms with Gasteiger partial charge in [0, 0.05) is 31.5 Å². The van der Waals surface area contributed by atoms with Crippen LogP contribution < -0.4 is 0 Å². The Morgan fingerprint density at radius 2 is 1.90 bits per heavy atom. The number of rotatable bonds is 2. The SMILES string of the molecule is Cc1cc(CC(=O)N2CCc3ccccc3C2)c(C)n1C. The van der Waals surface area contributed by atoms with Crippen LogP contribution in [0.25, 0.3) is 0 Å². The van der Waals surface area contributed by atoms with E-state index in [1.807, 2.05) is 4.90 Å². The highest BCUT2D eigenvalue weighted by molar-refractivity contribution is 5.79. The van der Waals surface area contributed by atoms with Gasteiger partial charge in [-0.2, -0.15) is 0 Å². The van der Waals surface area contributed by atoms with E-state index in [0.29, 0.717) is 6.42 Å². The van der Waals surface area contributed by atoms with Gasteiger partial charge in [-0.1, -0.05) is 24.3 Å². The standard InChI is InChI=1S/C18H22N2O/c1-13-10-17(14(2)19(13)3)11-18(21)20-9-8-15-6-4-5-7-16(15)12-20/h4-7,10H,8-9,11-12H2,1-3H3. The van der Waals surface area contributed by atoms with Crippen LogP contribution in [0.4, 0.5) is 0 Å². The van der Waals surface area contributed by atoms with Crippen molar-refractivity contribution in [3.05, 3.63) is 58.4 Å². The average Bonchev–Trinajstić information content (AvgIpc) is 2.74. The van der Waals surface area contributed by atoms with Gasteiger partial charge in [0.1, 0.15) is 0 Å². The summed E-state index contributed by atoms with van der Waals surface area (Å²) in [5.41, 5.74) is 6.22. The van der Waals surface area contributed by atoms with Gasteiger partial charge in [0.05, 0.1) is 6.42 Å². The first-order valence-corrected chi connectivity index (χ1v) is 7.52. The van der Waals surface area contributed by atoms with Crippen LogP contribution in [0.2, 0.25) is 0 Å². The number of hydrogen-bond acceptors (Lipinski definition) is 1. The highest BCUT2D eigenvalue weighted by Gasteiger charge is 2.21. The number of carbonyl (C=O) groups is 1. The van der Waals surface area contributed by atoms with Crippen molar-refractivity contribution in [1.82, 2.24) is 9.47 Å². The molecule has 3 nitrogen and oxygen atoms in total. The van der Waals surface area contributed by atoms with Crippen molar-refractivity contribution < 1.29 is 4.79 Å². The van der Waals surface area contributed by atoms with Crippen LogP contribution >= 0.6 is 0 Å². The number of fused-ring (bicyclic) bond motifs is 1. The number of hydrogen-bond donors (Lipinski definition) is 0. The summed E-state index contributed by atoms with van der Waals surface area (Å²) in [4.78, 5) is 14.6. The molecule has 1 aromatic carbocycles. The van der Waals surface area contributed by atoms with Crippen LogP contribution in [0, 0.1) is 13.8 Å². The summed E-state index contributed by atoms with van der Waals surface area (Å²) in [5.74, 6) is 0.234. The van der Waals surface area contributed by atoms with Crippen LogP contribution in [-0.2, 0) is 31.2 Å². The first kappa shape index (κ1) is 13.9. The maximum atomic E-state index is 12.6. The Hall–Kier alpha value is -2.03. The Morgan fingerprint density at radius 1 is 1.19 bits per heavy atom. The van der Waals surface area contributed by atoms with Crippen LogP contribution in [0.15, 0.2) is 30.3 Å². The summed E-state index contributed by atoms with van der Waals surface area (Å²) in [6, 6.07) is 10.6. The van der Waals surface area contributed by atoms with E-state index in [0.717, 1.165) is 25.1 Å². The maximum Gasteiger partial charge on any atom is 0.227 e. The Morgan fingerprint density at radius 3 is 2.57 bits per heavy atom. The molecule has 2 aromatic rings. The Labute approximate surface area is 126 Å². The normalized spacial score (nSPS) is 14.1. The zero-order chi connectivity index (χ0) is 15.0. The second kappa shape index (κ2) is 5.40. The molecular weight excluding hydrogens is 260 g/mol. The Balaban J connectivity index is 1.74. The third-order valence-corrected chi connectivity index (χ3v) is 4.71. The monoisotopic (exact) mass is 282 g/mol. The fourth-order valence-electron chi connectivity index (χ4n) is 3.10. The van der Waals surface area contributed by atoms with Gasteiger partial charge >= 0.3 is 0 Å². The van der Waals surface area contributed by atoms with Crippen molar-refractivity contribution in [2.24, 2.45) is 7.05 Å².